The third-order valence-electron chi connectivity index (χ3n) is 2.96. The highest BCUT2D eigenvalue weighted by molar-refractivity contribution is 7.84. The number of anilines is 1. The molecule has 2 aromatic carbocycles. The molecular formula is C15H16ClNO2S. The van der Waals surface area contributed by atoms with Crippen molar-refractivity contribution >= 4 is 28.1 Å². The Hall–Kier alpha value is -1.52. The highest BCUT2D eigenvalue weighted by atomic mass is 35.5. The highest BCUT2D eigenvalue weighted by Crippen LogP contribution is 2.26. The van der Waals surface area contributed by atoms with Crippen molar-refractivity contribution in [2.24, 2.45) is 0 Å². The normalized spacial score (nSPS) is 12.2. The van der Waals surface area contributed by atoms with E-state index in [1.54, 1.807) is 25.3 Å². The molecule has 0 aliphatic rings. The van der Waals surface area contributed by atoms with E-state index in [1.807, 2.05) is 25.1 Å². The van der Waals surface area contributed by atoms with Gasteiger partial charge in [-0.15, -0.1) is 0 Å². The van der Waals surface area contributed by atoms with E-state index in [9.17, 15) is 4.21 Å². The molecular weight excluding hydrogens is 294 g/mol. The summed E-state index contributed by atoms with van der Waals surface area (Å²) in [6.45, 7) is 1.96. The van der Waals surface area contributed by atoms with Crippen LogP contribution >= 0.6 is 11.6 Å². The number of nitrogen functional groups attached to an aromatic ring is 1. The first kappa shape index (κ1) is 14.9. The molecule has 0 amide bonds. The van der Waals surface area contributed by atoms with Crippen molar-refractivity contribution in [2.75, 3.05) is 12.8 Å². The van der Waals surface area contributed by atoms with Gasteiger partial charge in [-0.3, -0.25) is 4.21 Å². The molecule has 2 rings (SSSR count). The predicted molar refractivity (Wildman–Crippen MR) is 83.7 cm³/mol. The zero-order chi connectivity index (χ0) is 14.7. The Morgan fingerprint density at radius 2 is 2.00 bits per heavy atom. The standard InChI is InChI=1S/C15H16ClNO2S/c1-10-3-4-11(13(16)7-10)9-20(18)15-8-12(19-2)5-6-14(15)17/h3-8H,9,17H2,1-2H3. The zero-order valence-corrected chi connectivity index (χ0v) is 12.9. The zero-order valence-electron chi connectivity index (χ0n) is 11.4. The van der Waals surface area contributed by atoms with Gasteiger partial charge in [-0.1, -0.05) is 23.7 Å². The van der Waals surface area contributed by atoms with Crippen LogP contribution in [0.5, 0.6) is 5.75 Å². The van der Waals surface area contributed by atoms with E-state index in [2.05, 4.69) is 0 Å². The predicted octanol–water partition coefficient (Wildman–Crippen LogP) is 3.55. The molecule has 0 spiro atoms. The van der Waals surface area contributed by atoms with E-state index in [-0.39, 0.29) is 0 Å². The number of benzene rings is 2. The summed E-state index contributed by atoms with van der Waals surface area (Å²) in [7, 11) is 0.300. The Morgan fingerprint density at radius 3 is 2.65 bits per heavy atom. The van der Waals surface area contributed by atoms with Gasteiger partial charge in [0.25, 0.3) is 0 Å². The molecule has 1 atom stereocenters. The average Bonchev–Trinajstić information content (AvgIpc) is 2.42. The first-order valence-electron chi connectivity index (χ1n) is 6.08. The summed E-state index contributed by atoms with van der Waals surface area (Å²) >= 11 is 6.17. The van der Waals surface area contributed by atoms with E-state index < -0.39 is 10.8 Å². The molecule has 20 heavy (non-hydrogen) atoms. The van der Waals surface area contributed by atoms with Gasteiger partial charge >= 0.3 is 0 Å². The largest absolute Gasteiger partial charge is 0.497 e. The van der Waals surface area contributed by atoms with Gasteiger partial charge in [0, 0.05) is 10.7 Å². The lowest BCUT2D eigenvalue weighted by Crippen LogP contribution is -2.02. The first-order valence-corrected chi connectivity index (χ1v) is 7.78. The minimum atomic E-state index is -1.26. The molecule has 0 fully saturated rings. The second kappa shape index (κ2) is 6.29. The van der Waals surface area contributed by atoms with E-state index in [1.165, 1.54) is 0 Å². The van der Waals surface area contributed by atoms with Gasteiger partial charge in [0.1, 0.15) is 5.75 Å². The first-order chi connectivity index (χ1) is 9.51. The fourth-order valence-corrected chi connectivity index (χ4v) is 3.48. The third-order valence-corrected chi connectivity index (χ3v) is 4.73. The van der Waals surface area contributed by atoms with Gasteiger partial charge < -0.3 is 10.5 Å². The van der Waals surface area contributed by atoms with Crippen LogP contribution in [0.3, 0.4) is 0 Å². The van der Waals surface area contributed by atoms with Crippen molar-refractivity contribution in [1.29, 1.82) is 0 Å². The Labute approximate surface area is 126 Å². The minimum absolute atomic E-state index is 0.330. The maximum atomic E-state index is 12.5. The SMILES string of the molecule is COc1ccc(N)c(S(=O)Cc2ccc(C)cc2Cl)c1. The van der Waals surface area contributed by atoms with Crippen LogP contribution in [0.4, 0.5) is 5.69 Å². The number of aryl methyl sites for hydroxylation is 1. The Bertz CT molecular complexity index is 658. The number of methoxy groups -OCH3 is 1. The van der Waals surface area contributed by atoms with Gasteiger partial charge in [0.2, 0.25) is 0 Å². The van der Waals surface area contributed by atoms with Crippen LogP contribution in [0.15, 0.2) is 41.3 Å². The van der Waals surface area contributed by atoms with E-state index >= 15 is 0 Å². The highest BCUT2D eigenvalue weighted by Gasteiger charge is 2.12. The quantitative estimate of drug-likeness (QED) is 0.879. The summed E-state index contributed by atoms with van der Waals surface area (Å²) in [5.41, 5.74) is 8.29. The van der Waals surface area contributed by atoms with Gasteiger partial charge in [-0.2, -0.15) is 0 Å². The summed E-state index contributed by atoms with van der Waals surface area (Å²) in [6.07, 6.45) is 0. The molecule has 0 heterocycles. The number of nitrogens with two attached hydrogens (primary N) is 1. The number of hydrogen-bond acceptors (Lipinski definition) is 3. The van der Waals surface area contributed by atoms with Crippen LogP contribution in [0.2, 0.25) is 5.02 Å². The van der Waals surface area contributed by atoms with Crippen LogP contribution in [0.25, 0.3) is 0 Å². The minimum Gasteiger partial charge on any atom is -0.497 e. The van der Waals surface area contributed by atoms with Crippen LogP contribution in [0.1, 0.15) is 11.1 Å². The molecule has 0 aliphatic carbocycles. The molecule has 5 heteroatoms. The maximum absolute atomic E-state index is 12.5. The number of halogens is 1. The Kier molecular flexibility index (Phi) is 4.68. The Morgan fingerprint density at radius 1 is 1.25 bits per heavy atom. The summed E-state index contributed by atoms with van der Waals surface area (Å²) in [5, 5.41) is 0.625. The maximum Gasteiger partial charge on any atom is 0.120 e. The van der Waals surface area contributed by atoms with Gasteiger partial charge in [-0.05, 0) is 42.3 Å². The van der Waals surface area contributed by atoms with Crippen LogP contribution in [-0.2, 0) is 16.6 Å². The van der Waals surface area contributed by atoms with Gasteiger partial charge in [0.05, 0.1) is 28.6 Å². The fraction of sp³-hybridized carbons (Fsp3) is 0.200. The molecule has 106 valence electrons. The fourth-order valence-electron chi connectivity index (χ4n) is 1.83. The van der Waals surface area contributed by atoms with E-state index in [4.69, 9.17) is 22.1 Å². The average molecular weight is 310 g/mol. The van der Waals surface area contributed by atoms with Crippen LogP contribution in [-0.4, -0.2) is 11.3 Å². The van der Waals surface area contributed by atoms with Crippen molar-refractivity contribution in [3.63, 3.8) is 0 Å². The van der Waals surface area contributed by atoms with Crippen molar-refractivity contribution in [3.05, 3.63) is 52.5 Å². The number of hydrogen-bond donors (Lipinski definition) is 1. The summed E-state index contributed by atoms with van der Waals surface area (Å²) in [4.78, 5) is 0.570. The van der Waals surface area contributed by atoms with E-state index in [0.717, 1.165) is 11.1 Å². The molecule has 2 aromatic rings. The monoisotopic (exact) mass is 309 g/mol. The topological polar surface area (TPSA) is 52.3 Å². The second-order valence-electron chi connectivity index (χ2n) is 4.49. The third kappa shape index (κ3) is 3.32. The van der Waals surface area contributed by atoms with Gasteiger partial charge in [-0.25, -0.2) is 0 Å². The van der Waals surface area contributed by atoms with Crippen molar-refractivity contribution in [2.45, 2.75) is 17.6 Å². The van der Waals surface area contributed by atoms with Crippen LogP contribution < -0.4 is 10.5 Å². The van der Waals surface area contributed by atoms with Crippen molar-refractivity contribution in [1.82, 2.24) is 0 Å². The molecule has 0 saturated heterocycles. The lowest BCUT2D eigenvalue weighted by molar-refractivity contribution is 0.413. The lowest BCUT2D eigenvalue weighted by Gasteiger charge is -2.09. The smallest absolute Gasteiger partial charge is 0.120 e. The molecule has 0 aliphatic heterocycles. The van der Waals surface area contributed by atoms with Gasteiger partial charge in [0.15, 0.2) is 0 Å². The molecule has 1 unspecified atom stereocenters. The van der Waals surface area contributed by atoms with Crippen molar-refractivity contribution < 1.29 is 8.95 Å². The van der Waals surface area contributed by atoms with Crippen LogP contribution in [0, 0.1) is 6.92 Å². The molecule has 0 saturated carbocycles. The molecule has 3 nitrogen and oxygen atoms in total. The Balaban J connectivity index is 2.28. The molecule has 0 bridgehead atoms. The molecule has 0 aromatic heterocycles. The molecule has 0 radical (unpaired) electrons. The second-order valence-corrected chi connectivity index (χ2v) is 6.32. The number of ether oxygens (including phenoxy) is 1. The van der Waals surface area contributed by atoms with Crippen molar-refractivity contribution in [3.8, 4) is 5.75 Å². The summed E-state index contributed by atoms with van der Waals surface area (Å²) in [5.74, 6) is 0.966. The van der Waals surface area contributed by atoms with E-state index in [0.29, 0.717) is 27.1 Å². The lowest BCUT2D eigenvalue weighted by atomic mass is 10.2. The summed E-state index contributed by atoms with van der Waals surface area (Å²) < 4.78 is 17.6. The summed E-state index contributed by atoms with van der Waals surface area (Å²) in [6, 6.07) is 10.9. The molecule has 2 N–H and O–H groups in total. The number of rotatable bonds is 4.